The van der Waals surface area contributed by atoms with Crippen LogP contribution >= 0.6 is 50.7 Å². The maximum absolute atomic E-state index is 9.50. The summed E-state index contributed by atoms with van der Waals surface area (Å²) in [5.74, 6) is 0.850. The monoisotopic (exact) mass is 394 g/mol. The van der Waals surface area contributed by atoms with E-state index in [1.807, 2.05) is 0 Å². The highest BCUT2D eigenvalue weighted by molar-refractivity contribution is 9.10. The van der Waals surface area contributed by atoms with Gasteiger partial charge in [0.25, 0.3) is 0 Å². The van der Waals surface area contributed by atoms with Crippen molar-refractivity contribution in [2.75, 3.05) is 0 Å². The smallest absolute Gasteiger partial charge is 0.147 e. The van der Waals surface area contributed by atoms with E-state index in [-0.39, 0.29) is 0 Å². The molecule has 2 nitrogen and oxygen atoms in total. The molecule has 0 aliphatic carbocycles. The molecule has 0 aliphatic rings. The van der Waals surface area contributed by atoms with Crippen molar-refractivity contribution in [1.29, 1.82) is 0 Å². The Morgan fingerprint density at radius 1 is 1.00 bits per heavy atom. The predicted molar refractivity (Wildman–Crippen MR) is 86.3 cm³/mol. The quantitative estimate of drug-likeness (QED) is 0.621. The molecular formula is C14H10BrCl3O2. The summed E-state index contributed by atoms with van der Waals surface area (Å²) >= 11 is 21.5. The molecule has 0 unspecified atom stereocenters. The van der Waals surface area contributed by atoms with Gasteiger partial charge in [0.05, 0.1) is 21.2 Å². The Bertz CT molecular complexity index is 645. The molecule has 6 heteroatoms. The molecule has 20 heavy (non-hydrogen) atoms. The van der Waals surface area contributed by atoms with Crippen LogP contribution in [0.25, 0.3) is 0 Å². The van der Waals surface area contributed by atoms with Gasteiger partial charge in [-0.3, -0.25) is 0 Å². The number of ether oxygens (including phenoxy) is 1. The van der Waals surface area contributed by atoms with Gasteiger partial charge in [0.15, 0.2) is 0 Å². The zero-order valence-electron chi connectivity index (χ0n) is 10.3. The van der Waals surface area contributed by atoms with E-state index in [9.17, 15) is 5.11 Å². The lowest BCUT2D eigenvalue weighted by molar-refractivity contribution is 0.199. The van der Waals surface area contributed by atoms with Crippen molar-refractivity contribution in [3.63, 3.8) is 0 Å². The molecule has 2 aromatic rings. The number of hydrogen-bond acceptors (Lipinski definition) is 2. The van der Waals surface area contributed by atoms with E-state index in [1.165, 1.54) is 0 Å². The van der Waals surface area contributed by atoms with Crippen LogP contribution in [0.5, 0.6) is 11.5 Å². The van der Waals surface area contributed by atoms with E-state index in [0.29, 0.717) is 36.6 Å². The van der Waals surface area contributed by atoms with Gasteiger partial charge >= 0.3 is 0 Å². The lowest BCUT2D eigenvalue weighted by Crippen LogP contribution is -1.92. The molecule has 0 aromatic heterocycles. The maximum Gasteiger partial charge on any atom is 0.147 e. The topological polar surface area (TPSA) is 29.5 Å². The predicted octanol–water partition coefficient (Wildman–Crippen LogP) is 6.25. The van der Waals surface area contributed by atoms with Gasteiger partial charge in [0, 0.05) is 10.5 Å². The van der Waals surface area contributed by atoms with Gasteiger partial charge in [-0.25, -0.2) is 0 Å². The SMILES string of the molecule is C[C@@H](O)c1ccc(Oc2cc(Cl)c(Br)cc2Cl)c(Cl)c1. The fourth-order valence-electron chi connectivity index (χ4n) is 1.56. The fraction of sp³-hybridized carbons (Fsp3) is 0.143. The Hall–Kier alpha value is -0.450. The molecule has 0 bridgehead atoms. The highest BCUT2D eigenvalue weighted by Crippen LogP contribution is 2.38. The highest BCUT2D eigenvalue weighted by Gasteiger charge is 2.11. The molecule has 2 rings (SSSR count). The molecule has 106 valence electrons. The van der Waals surface area contributed by atoms with Gasteiger partial charge in [0.2, 0.25) is 0 Å². The summed E-state index contributed by atoms with van der Waals surface area (Å²) in [6.45, 7) is 1.66. The Balaban J connectivity index is 2.33. The van der Waals surface area contributed by atoms with E-state index >= 15 is 0 Å². The lowest BCUT2D eigenvalue weighted by atomic mass is 10.1. The third-order valence-corrected chi connectivity index (χ3v) is 4.42. The van der Waals surface area contributed by atoms with Crippen molar-refractivity contribution in [2.45, 2.75) is 13.0 Å². The minimum atomic E-state index is -0.590. The summed E-state index contributed by atoms with van der Waals surface area (Å²) < 4.78 is 6.35. The Morgan fingerprint density at radius 2 is 1.65 bits per heavy atom. The van der Waals surface area contributed by atoms with E-state index in [4.69, 9.17) is 39.5 Å². The van der Waals surface area contributed by atoms with Crippen LogP contribution in [0.15, 0.2) is 34.8 Å². The van der Waals surface area contributed by atoms with Crippen LogP contribution in [-0.2, 0) is 0 Å². The largest absolute Gasteiger partial charge is 0.454 e. The molecule has 2 aromatic carbocycles. The van der Waals surface area contributed by atoms with Crippen LogP contribution in [0.4, 0.5) is 0 Å². The summed E-state index contributed by atoms with van der Waals surface area (Å²) in [7, 11) is 0. The van der Waals surface area contributed by atoms with Crippen LogP contribution < -0.4 is 4.74 Å². The molecule has 1 N–H and O–H groups in total. The van der Waals surface area contributed by atoms with Crippen LogP contribution in [0.3, 0.4) is 0 Å². The highest BCUT2D eigenvalue weighted by atomic mass is 79.9. The number of hydrogen-bond donors (Lipinski definition) is 1. The van der Waals surface area contributed by atoms with Crippen molar-refractivity contribution in [3.8, 4) is 11.5 Å². The van der Waals surface area contributed by atoms with Crippen LogP contribution in [0, 0.1) is 0 Å². The second-order valence-electron chi connectivity index (χ2n) is 4.16. The van der Waals surface area contributed by atoms with E-state index in [0.717, 1.165) is 0 Å². The first kappa shape index (κ1) is 15.9. The second-order valence-corrected chi connectivity index (χ2v) is 6.24. The normalized spacial score (nSPS) is 12.3. The number of aliphatic hydroxyl groups is 1. The van der Waals surface area contributed by atoms with Crippen molar-refractivity contribution in [1.82, 2.24) is 0 Å². The van der Waals surface area contributed by atoms with E-state index in [2.05, 4.69) is 15.9 Å². The van der Waals surface area contributed by atoms with Gasteiger partial charge in [0.1, 0.15) is 11.5 Å². The zero-order chi connectivity index (χ0) is 14.9. The average Bonchev–Trinajstić information content (AvgIpc) is 2.37. The third kappa shape index (κ3) is 3.60. The summed E-state index contributed by atoms with van der Waals surface area (Å²) in [6.07, 6.45) is -0.590. The first-order valence-electron chi connectivity index (χ1n) is 5.68. The molecule has 0 heterocycles. The van der Waals surface area contributed by atoms with Crippen LogP contribution in [0.1, 0.15) is 18.6 Å². The van der Waals surface area contributed by atoms with Gasteiger partial charge in [-0.2, -0.15) is 0 Å². The average molecular weight is 396 g/mol. The molecular weight excluding hydrogens is 386 g/mol. The Kier molecular flexibility index (Phi) is 5.21. The Morgan fingerprint density at radius 3 is 2.25 bits per heavy atom. The van der Waals surface area contributed by atoms with Crippen molar-refractivity contribution in [2.24, 2.45) is 0 Å². The number of halogens is 4. The minimum Gasteiger partial charge on any atom is -0.454 e. The second kappa shape index (κ2) is 6.54. The van der Waals surface area contributed by atoms with E-state index in [1.54, 1.807) is 37.3 Å². The van der Waals surface area contributed by atoms with Crippen molar-refractivity contribution in [3.05, 3.63) is 55.4 Å². The van der Waals surface area contributed by atoms with Gasteiger partial charge < -0.3 is 9.84 Å². The maximum atomic E-state index is 9.50. The number of benzene rings is 2. The lowest BCUT2D eigenvalue weighted by Gasteiger charge is -2.12. The third-order valence-electron chi connectivity index (χ3n) is 2.63. The molecule has 0 radical (unpaired) electrons. The summed E-state index contributed by atoms with van der Waals surface area (Å²) in [5, 5.41) is 10.8. The summed E-state index contributed by atoms with van der Waals surface area (Å²) in [4.78, 5) is 0. The van der Waals surface area contributed by atoms with Gasteiger partial charge in [-0.1, -0.05) is 40.9 Å². The molecule has 0 aliphatic heterocycles. The summed E-state index contributed by atoms with van der Waals surface area (Å²) in [6, 6.07) is 8.32. The zero-order valence-corrected chi connectivity index (χ0v) is 14.2. The molecule has 0 amide bonds. The standard InChI is InChI=1S/C14H10BrCl3O2/c1-7(19)8-2-3-13(11(17)4-8)20-14-6-10(16)9(15)5-12(14)18/h2-7,19H,1H3/t7-/m1/s1. The molecule has 1 atom stereocenters. The van der Waals surface area contributed by atoms with Crippen LogP contribution in [-0.4, -0.2) is 5.11 Å². The molecule has 0 saturated carbocycles. The Labute approximate surface area is 140 Å². The number of rotatable bonds is 3. The molecule has 0 spiro atoms. The molecule has 0 saturated heterocycles. The van der Waals surface area contributed by atoms with Gasteiger partial charge in [-0.05, 0) is 46.6 Å². The van der Waals surface area contributed by atoms with Gasteiger partial charge in [-0.15, -0.1) is 0 Å². The van der Waals surface area contributed by atoms with E-state index < -0.39 is 6.10 Å². The van der Waals surface area contributed by atoms with Crippen molar-refractivity contribution < 1.29 is 9.84 Å². The van der Waals surface area contributed by atoms with Crippen molar-refractivity contribution >= 4 is 50.7 Å². The fourth-order valence-corrected chi connectivity index (χ4v) is 2.62. The molecule has 0 fully saturated rings. The summed E-state index contributed by atoms with van der Waals surface area (Å²) in [5.41, 5.74) is 0.710. The number of aliphatic hydroxyl groups excluding tert-OH is 1. The van der Waals surface area contributed by atoms with Crippen LogP contribution in [0.2, 0.25) is 15.1 Å². The first-order chi connectivity index (χ1) is 9.38. The minimum absolute atomic E-state index is 0.388. The first-order valence-corrected chi connectivity index (χ1v) is 7.61.